The Morgan fingerprint density at radius 3 is 2.62 bits per heavy atom. The second-order valence-corrected chi connectivity index (χ2v) is 6.33. The lowest BCUT2D eigenvalue weighted by atomic mass is 10.0. The molecule has 0 aromatic heterocycles. The minimum absolute atomic E-state index is 0.0580. The quantitative estimate of drug-likeness (QED) is 0.680. The highest BCUT2D eigenvalue weighted by Crippen LogP contribution is 2.28. The molecule has 2 amide bonds. The lowest BCUT2D eigenvalue weighted by Crippen LogP contribution is -2.36. The first-order valence-electron chi connectivity index (χ1n) is 8.50. The minimum Gasteiger partial charge on any atom is -0.392 e. The van der Waals surface area contributed by atoms with E-state index in [-0.39, 0.29) is 37.1 Å². The molecule has 0 spiro atoms. The lowest BCUT2D eigenvalue weighted by Gasteiger charge is -2.10. The molecule has 3 N–H and O–H groups in total. The van der Waals surface area contributed by atoms with Gasteiger partial charge in [0.05, 0.1) is 13.2 Å². The first-order chi connectivity index (χ1) is 11.6. The van der Waals surface area contributed by atoms with Crippen molar-refractivity contribution in [2.45, 2.75) is 51.7 Å². The van der Waals surface area contributed by atoms with Crippen LogP contribution in [-0.4, -0.2) is 23.5 Å². The Balaban J connectivity index is 1.64. The summed E-state index contributed by atoms with van der Waals surface area (Å²) in [5.41, 5.74) is 0.892. The molecule has 1 aliphatic carbocycles. The molecule has 0 atom stereocenters. The van der Waals surface area contributed by atoms with Crippen LogP contribution in [0.25, 0.3) is 0 Å². The number of benzene rings is 1. The molecule has 1 saturated carbocycles. The predicted octanol–water partition coefficient (Wildman–Crippen LogP) is 2.02. The van der Waals surface area contributed by atoms with Crippen molar-refractivity contribution in [3.63, 3.8) is 0 Å². The van der Waals surface area contributed by atoms with E-state index in [2.05, 4.69) is 10.6 Å². The topological polar surface area (TPSA) is 78.4 Å². The Kier molecular flexibility index (Phi) is 7.18. The molecule has 0 radical (unpaired) electrons. The van der Waals surface area contributed by atoms with Crippen molar-refractivity contribution >= 4 is 11.8 Å². The number of halogens is 1. The van der Waals surface area contributed by atoms with Crippen LogP contribution in [0.4, 0.5) is 4.39 Å². The molecule has 2 rings (SSSR count). The number of carbonyl (C=O) groups is 2. The van der Waals surface area contributed by atoms with Crippen LogP contribution >= 0.6 is 0 Å². The molecule has 1 aromatic carbocycles. The summed E-state index contributed by atoms with van der Waals surface area (Å²) >= 11 is 0. The molecule has 0 bridgehead atoms. The Labute approximate surface area is 141 Å². The molecule has 24 heavy (non-hydrogen) atoms. The van der Waals surface area contributed by atoms with Crippen molar-refractivity contribution in [2.24, 2.45) is 5.92 Å². The fraction of sp³-hybridized carbons (Fsp3) is 0.556. The molecule has 1 aromatic rings. The van der Waals surface area contributed by atoms with Crippen molar-refractivity contribution in [2.75, 3.05) is 6.54 Å². The number of hydrogen-bond acceptors (Lipinski definition) is 3. The van der Waals surface area contributed by atoms with Crippen molar-refractivity contribution < 1.29 is 19.1 Å². The van der Waals surface area contributed by atoms with Gasteiger partial charge in [0.25, 0.3) is 0 Å². The summed E-state index contributed by atoms with van der Waals surface area (Å²) in [6, 6.07) is 4.32. The second-order valence-electron chi connectivity index (χ2n) is 6.33. The molecular formula is C18H25FN2O3. The van der Waals surface area contributed by atoms with E-state index in [1.807, 2.05) is 0 Å². The van der Waals surface area contributed by atoms with Crippen LogP contribution in [0.1, 0.15) is 49.7 Å². The second kappa shape index (κ2) is 9.37. The van der Waals surface area contributed by atoms with Crippen LogP contribution in [0.3, 0.4) is 0 Å². The summed E-state index contributed by atoms with van der Waals surface area (Å²) < 4.78 is 13.3. The van der Waals surface area contributed by atoms with Gasteiger partial charge in [-0.1, -0.05) is 31.7 Å². The van der Waals surface area contributed by atoms with Crippen molar-refractivity contribution in [1.29, 1.82) is 0 Å². The average molecular weight is 336 g/mol. The highest BCUT2D eigenvalue weighted by molar-refractivity contribution is 5.84. The maximum atomic E-state index is 13.3. The third kappa shape index (κ3) is 5.92. The molecule has 0 aliphatic heterocycles. The van der Waals surface area contributed by atoms with Crippen LogP contribution in [0, 0.1) is 11.7 Å². The van der Waals surface area contributed by atoms with E-state index in [4.69, 9.17) is 5.11 Å². The van der Waals surface area contributed by atoms with Crippen LogP contribution < -0.4 is 10.6 Å². The summed E-state index contributed by atoms with van der Waals surface area (Å²) in [4.78, 5) is 23.5. The van der Waals surface area contributed by atoms with Crippen LogP contribution in [-0.2, 0) is 22.7 Å². The number of amides is 2. The van der Waals surface area contributed by atoms with Gasteiger partial charge in [-0.25, -0.2) is 4.39 Å². The molecule has 1 aliphatic rings. The number of rotatable bonds is 8. The van der Waals surface area contributed by atoms with Crippen LogP contribution in [0.2, 0.25) is 0 Å². The van der Waals surface area contributed by atoms with Gasteiger partial charge in [-0.2, -0.15) is 0 Å². The zero-order chi connectivity index (χ0) is 17.4. The monoisotopic (exact) mass is 336 g/mol. The molecule has 1 fully saturated rings. The summed E-state index contributed by atoms with van der Waals surface area (Å²) in [6.45, 7) is -0.216. The van der Waals surface area contributed by atoms with Gasteiger partial charge in [-0.05, 0) is 30.0 Å². The van der Waals surface area contributed by atoms with Gasteiger partial charge in [0.1, 0.15) is 5.82 Å². The summed E-state index contributed by atoms with van der Waals surface area (Å²) in [7, 11) is 0. The third-order valence-electron chi connectivity index (χ3n) is 4.47. The molecule has 0 saturated heterocycles. The first-order valence-corrected chi connectivity index (χ1v) is 8.50. The molecule has 0 unspecified atom stereocenters. The Morgan fingerprint density at radius 2 is 1.92 bits per heavy atom. The highest BCUT2D eigenvalue weighted by atomic mass is 19.1. The van der Waals surface area contributed by atoms with E-state index in [1.54, 1.807) is 6.07 Å². The molecule has 6 heteroatoms. The van der Waals surface area contributed by atoms with Gasteiger partial charge in [0.15, 0.2) is 0 Å². The number of hydrogen-bond donors (Lipinski definition) is 3. The van der Waals surface area contributed by atoms with Gasteiger partial charge in [0, 0.05) is 18.5 Å². The van der Waals surface area contributed by atoms with Crippen molar-refractivity contribution in [3.8, 4) is 0 Å². The maximum absolute atomic E-state index is 13.3. The van der Waals surface area contributed by atoms with Crippen molar-refractivity contribution in [1.82, 2.24) is 10.6 Å². The normalized spacial score (nSPS) is 14.6. The zero-order valence-corrected chi connectivity index (χ0v) is 13.8. The molecular weight excluding hydrogens is 311 g/mol. The smallest absolute Gasteiger partial charge is 0.239 e. The van der Waals surface area contributed by atoms with E-state index in [0.717, 1.165) is 6.42 Å². The van der Waals surface area contributed by atoms with Gasteiger partial charge >= 0.3 is 0 Å². The Morgan fingerprint density at radius 1 is 1.17 bits per heavy atom. The highest BCUT2D eigenvalue weighted by Gasteiger charge is 2.16. The number of aliphatic hydroxyl groups is 1. The number of aliphatic hydroxyl groups excluding tert-OH is 1. The lowest BCUT2D eigenvalue weighted by molar-refractivity contribution is -0.126. The SMILES string of the molecule is O=C(CCC1CCCC1)NCC(=O)NCc1ccc(F)c(CO)c1. The Bertz CT molecular complexity index is 571. The minimum atomic E-state index is -0.470. The van der Waals surface area contributed by atoms with E-state index >= 15 is 0 Å². The maximum Gasteiger partial charge on any atom is 0.239 e. The Hall–Kier alpha value is -1.95. The van der Waals surface area contributed by atoms with Gasteiger partial charge in [0.2, 0.25) is 11.8 Å². The molecule has 132 valence electrons. The van der Waals surface area contributed by atoms with Gasteiger partial charge in [-0.15, -0.1) is 0 Å². The van der Waals surface area contributed by atoms with E-state index in [0.29, 0.717) is 17.9 Å². The van der Waals surface area contributed by atoms with Crippen LogP contribution in [0.5, 0.6) is 0 Å². The van der Waals surface area contributed by atoms with Gasteiger partial charge in [-0.3, -0.25) is 9.59 Å². The summed E-state index contributed by atoms with van der Waals surface area (Å²) in [6.07, 6.45) is 6.30. The molecule has 0 heterocycles. The van der Waals surface area contributed by atoms with Crippen LogP contribution in [0.15, 0.2) is 18.2 Å². The van der Waals surface area contributed by atoms with E-state index in [9.17, 15) is 14.0 Å². The third-order valence-corrected chi connectivity index (χ3v) is 4.47. The first kappa shape index (κ1) is 18.4. The van der Waals surface area contributed by atoms with E-state index < -0.39 is 5.82 Å². The standard InChI is InChI=1S/C18H25FN2O3/c19-16-7-5-14(9-15(16)12-22)10-20-18(24)11-21-17(23)8-6-13-3-1-2-4-13/h5,7,9,13,22H,1-4,6,8,10-12H2,(H,20,24)(H,21,23). The number of carbonyl (C=O) groups excluding carboxylic acids is 2. The number of nitrogens with one attached hydrogen (secondary N) is 2. The fourth-order valence-electron chi connectivity index (χ4n) is 3.02. The summed E-state index contributed by atoms with van der Waals surface area (Å²) in [5, 5.41) is 14.3. The van der Waals surface area contributed by atoms with Crippen molar-refractivity contribution in [3.05, 3.63) is 35.1 Å². The van der Waals surface area contributed by atoms with E-state index in [1.165, 1.54) is 37.8 Å². The fourth-order valence-corrected chi connectivity index (χ4v) is 3.02. The zero-order valence-electron chi connectivity index (χ0n) is 13.8. The predicted molar refractivity (Wildman–Crippen MR) is 88.4 cm³/mol. The summed E-state index contributed by atoms with van der Waals surface area (Å²) in [5.74, 6) is -0.202. The average Bonchev–Trinajstić information content (AvgIpc) is 3.11. The van der Waals surface area contributed by atoms with Gasteiger partial charge < -0.3 is 15.7 Å². The largest absolute Gasteiger partial charge is 0.392 e. The molecule has 5 nitrogen and oxygen atoms in total.